The molecule has 0 aliphatic carbocycles. The number of halogens is 7. The summed E-state index contributed by atoms with van der Waals surface area (Å²) in [5.74, 6) is -3.15. The number of hydrogen-bond donors (Lipinski definition) is 0. The van der Waals surface area contributed by atoms with E-state index in [4.69, 9.17) is 0 Å². The largest absolute Gasteiger partial charge is 0.445 e. The highest BCUT2D eigenvalue weighted by atomic mass is 32.2. The Morgan fingerprint density at radius 2 is 1.69 bits per heavy atom. The number of sulfone groups is 1. The molecule has 0 aliphatic heterocycles. The number of aromatic nitrogens is 4. The molecule has 3 heterocycles. The molecule has 0 saturated carbocycles. The number of amides is 1. The molecule has 35 heavy (non-hydrogen) atoms. The maximum absolute atomic E-state index is 14.4. The van der Waals surface area contributed by atoms with Crippen molar-refractivity contribution >= 4 is 32.2 Å². The number of alkyl halides is 6. The Bertz CT molecular complexity index is 1390. The van der Waals surface area contributed by atoms with E-state index in [0.29, 0.717) is 11.1 Å². The van der Waals surface area contributed by atoms with Crippen molar-refractivity contribution in [2.24, 2.45) is 0 Å². The molecule has 188 valence electrons. The molecular formula is C18H12F7N5O3S2. The summed E-state index contributed by atoms with van der Waals surface area (Å²) < 4.78 is 116. The zero-order chi connectivity index (χ0) is 26.3. The van der Waals surface area contributed by atoms with Gasteiger partial charge in [0.05, 0.1) is 16.2 Å². The lowest BCUT2D eigenvalue weighted by Crippen LogP contribution is -2.29. The van der Waals surface area contributed by atoms with Crippen LogP contribution in [-0.2, 0) is 22.2 Å². The van der Waals surface area contributed by atoms with E-state index in [-0.39, 0.29) is 23.0 Å². The topological polar surface area (TPSA) is 106 Å². The fraction of sp³-hybridized carbons (Fsp3) is 0.278. The molecule has 3 rings (SSSR count). The van der Waals surface area contributed by atoms with Gasteiger partial charge in [0.15, 0.2) is 9.84 Å². The van der Waals surface area contributed by atoms with Crippen molar-refractivity contribution in [3.05, 3.63) is 46.6 Å². The monoisotopic (exact) mass is 543 g/mol. The van der Waals surface area contributed by atoms with Gasteiger partial charge in [0.25, 0.3) is 5.91 Å². The normalized spacial score (nSPS) is 12.6. The van der Waals surface area contributed by atoms with Gasteiger partial charge in [-0.1, -0.05) is 18.3 Å². The highest BCUT2D eigenvalue weighted by Gasteiger charge is 2.37. The first-order valence-corrected chi connectivity index (χ1v) is 11.7. The van der Waals surface area contributed by atoms with Crippen molar-refractivity contribution in [1.29, 1.82) is 0 Å². The Labute approximate surface area is 196 Å². The summed E-state index contributed by atoms with van der Waals surface area (Å²) in [5, 5.41) is 4.35. The lowest BCUT2D eigenvalue weighted by Gasteiger charge is -2.16. The SMILES string of the molecule is CCS(=O)(=O)c1cc(-c2ncc(C(F)(F)F)cc2F)cnc1C(=O)N(C)c1nnc(C(F)(F)F)s1. The third-order valence-electron chi connectivity index (χ3n) is 4.46. The van der Waals surface area contributed by atoms with Crippen molar-refractivity contribution < 1.29 is 43.9 Å². The Morgan fingerprint density at radius 1 is 1.03 bits per heavy atom. The van der Waals surface area contributed by atoms with Crippen LogP contribution in [0.15, 0.2) is 29.4 Å². The summed E-state index contributed by atoms with van der Waals surface area (Å²) >= 11 is 0.0244. The first-order chi connectivity index (χ1) is 16.1. The highest BCUT2D eigenvalue weighted by Crippen LogP contribution is 2.35. The maximum Gasteiger partial charge on any atom is 0.445 e. The number of rotatable bonds is 5. The van der Waals surface area contributed by atoms with Crippen LogP contribution in [0.5, 0.6) is 0 Å². The average molecular weight is 543 g/mol. The summed E-state index contributed by atoms with van der Waals surface area (Å²) in [6.07, 6.45) is -8.56. The second kappa shape index (κ2) is 9.10. The molecule has 0 aromatic carbocycles. The minimum atomic E-state index is -4.88. The Morgan fingerprint density at radius 3 is 2.20 bits per heavy atom. The zero-order valence-corrected chi connectivity index (χ0v) is 19.1. The molecule has 3 aromatic heterocycles. The van der Waals surface area contributed by atoms with Gasteiger partial charge in [0.1, 0.15) is 17.2 Å². The minimum Gasteiger partial charge on any atom is -0.284 e. The molecule has 0 aliphatic rings. The van der Waals surface area contributed by atoms with E-state index in [1.54, 1.807) is 0 Å². The highest BCUT2D eigenvalue weighted by molar-refractivity contribution is 7.91. The van der Waals surface area contributed by atoms with Gasteiger partial charge in [-0.2, -0.15) is 26.3 Å². The van der Waals surface area contributed by atoms with Crippen molar-refractivity contribution in [2.75, 3.05) is 17.7 Å². The molecule has 8 nitrogen and oxygen atoms in total. The van der Waals surface area contributed by atoms with E-state index in [0.717, 1.165) is 19.3 Å². The average Bonchev–Trinajstić information content (AvgIpc) is 3.28. The van der Waals surface area contributed by atoms with Crippen LogP contribution in [0.2, 0.25) is 0 Å². The molecule has 0 unspecified atom stereocenters. The smallest absolute Gasteiger partial charge is 0.284 e. The van der Waals surface area contributed by atoms with Gasteiger partial charge < -0.3 is 0 Å². The van der Waals surface area contributed by atoms with Crippen LogP contribution in [0.25, 0.3) is 11.3 Å². The summed E-state index contributed by atoms with van der Waals surface area (Å²) in [4.78, 5) is 19.9. The fourth-order valence-corrected chi connectivity index (χ4v) is 4.37. The first-order valence-electron chi connectivity index (χ1n) is 9.21. The summed E-state index contributed by atoms with van der Waals surface area (Å²) in [7, 11) is -3.22. The van der Waals surface area contributed by atoms with Crippen LogP contribution in [0.1, 0.15) is 28.0 Å². The Balaban J connectivity index is 2.09. The van der Waals surface area contributed by atoms with Crippen LogP contribution >= 0.6 is 11.3 Å². The number of nitrogens with zero attached hydrogens (tertiary/aromatic N) is 5. The van der Waals surface area contributed by atoms with Crippen LogP contribution in [-0.4, -0.2) is 47.3 Å². The van der Waals surface area contributed by atoms with Gasteiger partial charge >= 0.3 is 12.4 Å². The van der Waals surface area contributed by atoms with Gasteiger partial charge in [-0.3, -0.25) is 14.7 Å². The lowest BCUT2D eigenvalue weighted by atomic mass is 10.1. The fourth-order valence-electron chi connectivity index (χ4n) is 2.64. The summed E-state index contributed by atoms with van der Waals surface area (Å²) in [6.45, 7) is 1.22. The third kappa shape index (κ3) is 5.39. The zero-order valence-electron chi connectivity index (χ0n) is 17.4. The number of pyridine rings is 2. The van der Waals surface area contributed by atoms with Crippen molar-refractivity contribution in [3.8, 4) is 11.3 Å². The lowest BCUT2D eigenvalue weighted by molar-refractivity contribution is -0.138. The predicted octanol–water partition coefficient (Wildman–Crippen LogP) is 4.24. The van der Waals surface area contributed by atoms with Gasteiger partial charge in [0, 0.05) is 25.0 Å². The van der Waals surface area contributed by atoms with Crippen molar-refractivity contribution in [3.63, 3.8) is 0 Å². The van der Waals surface area contributed by atoms with E-state index >= 15 is 0 Å². The number of hydrogen-bond acceptors (Lipinski definition) is 8. The molecule has 0 spiro atoms. The molecule has 0 fully saturated rings. The molecule has 0 saturated heterocycles. The molecule has 3 aromatic rings. The molecule has 0 radical (unpaired) electrons. The molecule has 1 amide bonds. The molecular weight excluding hydrogens is 531 g/mol. The second-order valence-electron chi connectivity index (χ2n) is 6.78. The molecule has 0 N–H and O–H groups in total. The quantitative estimate of drug-likeness (QED) is 0.443. The van der Waals surface area contributed by atoms with E-state index in [2.05, 4.69) is 20.2 Å². The standard InChI is InChI=1S/C18H12F7N5O3S2/c1-3-35(32,33)11-4-8(12-10(19)5-9(7-27-12)17(20,21)22)6-26-13(11)14(31)30(2)16-29-28-15(34-16)18(23,24)25/h4-7H,3H2,1-2H3. The van der Waals surface area contributed by atoms with E-state index < -0.39 is 71.7 Å². The van der Waals surface area contributed by atoms with Crippen LogP contribution in [0.3, 0.4) is 0 Å². The van der Waals surface area contributed by atoms with Crippen LogP contribution in [0.4, 0.5) is 35.9 Å². The second-order valence-corrected chi connectivity index (χ2v) is 9.98. The van der Waals surface area contributed by atoms with Crippen molar-refractivity contribution in [1.82, 2.24) is 20.2 Å². The Hall–Kier alpha value is -3.21. The van der Waals surface area contributed by atoms with Crippen molar-refractivity contribution in [2.45, 2.75) is 24.2 Å². The van der Waals surface area contributed by atoms with E-state index in [9.17, 15) is 43.9 Å². The van der Waals surface area contributed by atoms with Crippen LogP contribution < -0.4 is 4.90 Å². The van der Waals surface area contributed by atoms with E-state index in [1.165, 1.54) is 6.92 Å². The van der Waals surface area contributed by atoms with E-state index in [1.807, 2.05) is 0 Å². The van der Waals surface area contributed by atoms with Gasteiger partial charge in [-0.05, 0) is 12.1 Å². The first kappa shape index (κ1) is 26.4. The molecule has 0 bridgehead atoms. The third-order valence-corrected chi connectivity index (χ3v) is 7.25. The van der Waals surface area contributed by atoms with Gasteiger partial charge in [0.2, 0.25) is 10.1 Å². The summed E-state index contributed by atoms with van der Waals surface area (Å²) in [5.41, 5.74) is -3.12. The Kier molecular flexibility index (Phi) is 6.86. The molecule has 0 atom stereocenters. The summed E-state index contributed by atoms with van der Waals surface area (Å²) in [6, 6.07) is 0.962. The number of anilines is 1. The van der Waals surface area contributed by atoms with Crippen LogP contribution in [0, 0.1) is 5.82 Å². The maximum atomic E-state index is 14.4. The van der Waals surface area contributed by atoms with Gasteiger partial charge in [-0.25, -0.2) is 17.8 Å². The molecule has 17 heteroatoms. The van der Waals surface area contributed by atoms with Gasteiger partial charge in [-0.15, -0.1) is 10.2 Å². The predicted molar refractivity (Wildman–Crippen MR) is 108 cm³/mol. The minimum absolute atomic E-state index is 0.0244. The number of carbonyl (C=O) groups is 1. The number of carbonyl (C=O) groups excluding carboxylic acids is 1.